The van der Waals surface area contributed by atoms with Crippen LogP contribution in [0.3, 0.4) is 0 Å². The zero-order valence-corrected chi connectivity index (χ0v) is 11.1. The first-order valence-corrected chi connectivity index (χ1v) is 7.16. The van der Waals surface area contributed by atoms with Crippen LogP contribution in [0.2, 0.25) is 0 Å². The average Bonchev–Trinajstić information content (AvgIpc) is 2.73. The van der Waals surface area contributed by atoms with Crippen molar-refractivity contribution >= 4 is 11.3 Å². The molecule has 1 fully saturated rings. The number of nitrogens with zero attached hydrogens (tertiary/aromatic N) is 1. The van der Waals surface area contributed by atoms with E-state index >= 15 is 0 Å². The summed E-state index contributed by atoms with van der Waals surface area (Å²) < 4.78 is 0. The normalized spacial score (nSPS) is 22.8. The quantitative estimate of drug-likeness (QED) is 0.867. The van der Waals surface area contributed by atoms with Gasteiger partial charge in [0.05, 0.1) is 0 Å². The van der Waals surface area contributed by atoms with Crippen molar-refractivity contribution in [1.82, 2.24) is 10.2 Å². The lowest BCUT2D eigenvalue weighted by Crippen LogP contribution is -2.51. The predicted octanol–water partition coefficient (Wildman–Crippen LogP) is 2.57. The van der Waals surface area contributed by atoms with Crippen LogP contribution < -0.4 is 5.32 Å². The first kappa shape index (κ1) is 12.1. The van der Waals surface area contributed by atoms with E-state index in [1.165, 1.54) is 18.5 Å². The summed E-state index contributed by atoms with van der Waals surface area (Å²) in [5, 5.41) is 7.96. The van der Waals surface area contributed by atoms with Gasteiger partial charge in [0.25, 0.3) is 0 Å². The molecule has 3 heteroatoms. The minimum atomic E-state index is 0.716. The van der Waals surface area contributed by atoms with Gasteiger partial charge in [-0.1, -0.05) is 13.8 Å². The molecule has 0 saturated carbocycles. The number of thiophene rings is 1. The summed E-state index contributed by atoms with van der Waals surface area (Å²) in [5.41, 5.74) is 1.47. The number of hydrogen-bond donors (Lipinski definition) is 1. The molecule has 0 aliphatic carbocycles. The highest BCUT2D eigenvalue weighted by Crippen LogP contribution is 2.17. The van der Waals surface area contributed by atoms with E-state index in [2.05, 4.69) is 40.9 Å². The molecule has 1 aromatic heterocycles. The van der Waals surface area contributed by atoms with Gasteiger partial charge in [-0.25, -0.2) is 0 Å². The summed E-state index contributed by atoms with van der Waals surface area (Å²) >= 11 is 1.80. The molecule has 2 nitrogen and oxygen atoms in total. The summed E-state index contributed by atoms with van der Waals surface area (Å²) in [6.07, 6.45) is 1.30. The predicted molar refractivity (Wildman–Crippen MR) is 70.8 cm³/mol. The molecule has 2 rings (SSSR count). The number of rotatable bonds is 4. The van der Waals surface area contributed by atoms with Gasteiger partial charge >= 0.3 is 0 Å². The molecule has 16 heavy (non-hydrogen) atoms. The maximum absolute atomic E-state index is 3.51. The fraction of sp³-hybridized carbons (Fsp3) is 0.692. The van der Waals surface area contributed by atoms with E-state index in [-0.39, 0.29) is 0 Å². The van der Waals surface area contributed by atoms with Gasteiger partial charge in [0.2, 0.25) is 0 Å². The second kappa shape index (κ2) is 5.80. The highest BCUT2D eigenvalue weighted by molar-refractivity contribution is 7.07. The van der Waals surface area contributed by atoms with Crippen LogP contribution in [0, 0.1) is 5.92 Å². The minimum absolute atomic E-state index is 0.716. The van der Waals surface area contributed by atoms with Gasteiger partial charge in [-0.05, 0) is 34.7 Å². The van der Waals surface area contributed by atoms with E-state index in [9.17, 15) is 0 Å². The Balaban J connectivity index is 1.93. The first-order chi connectivity index (χ1) is 7.75. The molecule has 1 N–H and O–H groups in total. The third-order valence-corrected chi connectivity index (χ3v) is 3.91. The van der Waals surface area contributed by atoms with Crippen molar-refractivity contribution in [2.45, 2.75) is 32.9 Å². The smallest absolute Gasteiger partial charge is 0.0246 e. The Morgan fingerprint density at radius 2 is 2.44 bits per heavy atom. The Kier molecular flexibility index (Phi) is 4.38. The third kappa shape index (κ3) is 3.30. The van der Waals surface area contributed by atoms with Gasteiger partial charge in [0, 0.05) is 32.2 Å². The number of piperazine rings is 1. The Hall–Kier alpha value is -0.380. The van der Waals surface area contributed by atoms with Crippen molar-refractivity contribution in [3.8, 4) is 0 Å². The lowest BCUT2D eigenvalue weighted by Gasteiger charge is -2.37. The zero-order valence-electron chi connectivity index (χ0n) is 10.3. The monoisotopic (exact) mass is 238 g/mol. The molecule has 1 atom stereocenters. The lowest BCUT2D eigenvalue weighted by molar-refractivity contribution is 0.134. The molecule has 90 valence electrons. The molecule has 1 unspecified atom stereocenters. The van der Waals surface area contributed by atoms with E-state index in [0.717, 1.165) is 25.6 Å². The van der Waals surface area contributed by atoms with Crippen LogP contribution in [0.15, 0.2) is 16.8 Å². The lowest BCUT2D eigenvalue weighted by atomic mass is 10.0. The number of hydrogen-bond acceptors (Lipinski definition) is 3. The van der Waals surface area contributed by atoms with Crippen LogP contribution in [0.4, 0.5) is 0 Å². The van der Waals surface area contributed by atoms with Crippen LogP contribution in [-0.4, -0.2) is 30.6 Å². The van der Waals surface area contributed by atoms with E-state index in [4.69, 9.17) is 0 Å². The van der Waals surface area contributed by atoms with Gasteiger partial charge in [-0.15, -0.1) is 0 Å². The molecular weight excluding hydrogens is 216 g/mol. The largest absolute Gasteiger partial charge is 0.314 e. The van der Waals surface area contributed by atoms with Crippen molar-refractivity contribution in [3.05, 3.63) is 22.4 Å². The molecular formula is C13H22N2S. The van der Waals surface area contributed by atoms with Gasteiger partial charge < -0.3 is 5.32 Å². The average molecular weight is 238 g/mol. The van der Waals surface area contributed by atoms with Crippen LogP contribution in [0.25, 0.3) is 0 Å². The Morgan fingerprint density at radius 3 is 3.12 bits per heavy atom. The Labute approximate surface area is 103 Å². The maximum atomic E-state index is 3.51. The van der Waals surface area contributed by atoms with E-state index < -0.39 is 0 Å². The first-order valence-electron chi connectivity index (χ1n) is 6.21. The summed E-state index contributed by atoms with van der Waals surface area (Å²) in [4.78, 5) is 2.64. The maximum Gasteiger partial charge on any atom is 0.0246 e. The van der Waals surface area contributed by atoms with Gasteiger partial charge in [-0.2, -0.15) is 11.3 Å². The van der Waals surface area contributed by atoms with E-state index in [1.54, 1.807) is 11.3 Å². The Morgan fingerprint density at radius 1 is 1.56 bits per heavy atom. The van der Waals surface area contributed by atoms with Crippen LogP contribution in [0.5, 0.6) is 0 Å². The molecule has 2 heterocycles. The van der Waals surface area contributed by atoms with Crippen molar-refractivity contribution in [2.75, 3.05) is 19.6 Å². The summed E-state index contributed by atoms with van der Waals surface area (Å²) in [6.45, 7) is 9.24. The summed E-state index contributed by atoms with van der Waals surface area (Å²) in [6, 6.07) is 2.97. The fourth-order valence-corrected chi connectivity index (χ4v) is 3.06. The van der Waals surface area contributed by atoms with Crippen LogP contribution in [0.1, 0.15) is 25.8 Å². The van der Waals surface area contributed by atoms with Gasteiger partial charge in [0.1, 0.15) is 0 Å². The molecule has 1 aliphatic heterocycles. The fourth-order valence-electron chi connectivity index (χ4n) is 2.40. The second-order valence-electron chi connectivity index (χ2n) is 5.09. The van der Waals surface area contributed by atoms with E-state index in [1.807, 2.05) is 0 Å². The summed E-state index contributed by atoms with van der Waals surface area (Å²) in [5.74, 6) is 0.787. The van der Waals surface area contributed by atoms with Crippen molar-refractivity contribution in [2.24, 2.45) is 5.92 Å². The van der Waals surface area contributed by atoms with E-state index in [0.29, 0.717) is 6.04 Å². The number of nitrogens with one attached hydrogen (secondary N) is 1. The summed E-state index contributed by atoms with van der Waals surface area (Å²) in [7, 11) is 0. The van der Waals surface area contributed by atoms with Gasteiger partial charge in [-0.3, -0.25) is 4.90 Å². The standard InChI is InChI=1S/C13H22N2S/c1-11(2)7-13-8-14-4-5-15(13)9-12-3-6-16-10-12/h3,6,10-11,13-14H,4-5,7-9H2,1-2H3. The molecule has 0 spiro atoms. The molecule has 1 aromatic rings. The van der Waals surface area contributed by atoms with Crippen molar-refractivity contribution in [3.63, 3.8) is 0 Å². The molecule has 0 aromatic carbocycles. The topological polar surface area (TPSA) is 15.3 Å². The zero-order chi connectivity index (χ0) is 11.4. The second-order valence-corrected chi connectivity index (χ2v) is 5.87. The van der Waals surface area contributed by atoms with Crippen LogP contribution in [-0.2, 0) is 6.54 Å². The molecule has 0 bridgehead atoms. The van der Waals surface area contributed by atoms with Gasteiger partial charge in [0.15, 0.2) is 0 Å². The van der Waals surface area contributed by atoms with Crippen molar-refractivity contribution < 1.29 is 0 Å². The van der Waals surface area contributed by atoms with Crippen LogP contribution >= 0.6 is 11.3 Å². The highest BCUT2D eigenvalue weighted by Gasteiger charge is 2.22. The molecule has 1 aliphatic rings. The SMILES string of the molecule is CC(C)CC1CNCCN1Cc1ccsc1. The molecule has 0 radical (unpaired) electrons. The Bertz CT molecular complexity index is 295. The molecule has 0 amide bonds. The third-order valence-electron chi connectivity index (χ3n) is 3.18. The minimum Gasteiger partial charge on any atom is -0.314 e. The highest BCUT2D eigenvalue weighted by atomic mass is 32.1. The molecule has 1 saturated heterocycles. The van der Waals surface area contributed by atoms with Crippen molar-refractivity contribution in [1.29, 1.82) is 0 Å².